The lowest BCUT2D eigenvalue weighted by Crippen LogP contribution is -2.46. The molecule has 0 spiro atoms. The van der Waals surface area contributed by atoms with Gasteiger partial charge in [0.1, 0.15) is 11.6 Å². The topological polar surface area (TPSA) is 114 Å². The Balaban J connectivity index is 1.80. The molecule has 154 valence electrons. The smallest absolute Gasteiger partial charge is 0.326 e. The van der Waals surface area contributed by atoms with E-state index in [0.717, 1.165) is 12.0 Å². The number of carboxylic acid groups (broad SMARTS) is 1. The van der Waals surface area contributed by atoms with Crippen molar-refractivity contribution < 1.29 is 29.0 Å². The van der Waals surface area contributed by atoms with Crippen molar-refractivity contribution in [3.63, 3.8) is 0 Å². The number of amides is 2. The summed E-state index contributed by atoms with van der Waals surface area (Å²) in [6, 6.07) is 4.54. The summed E-state index contributed by atoms with van der Waals surface area (Å²) in [7, 11) is 0. The van der Waals surface area contributed by atoms with Crippen molar-refractivity contribution in [1.29, 1.82) is 0 Å². The van der Waals surface area contributed by atoms with Crippen LogP contribution in [0.5, 0.6) is 11.5 Å². The van der Waals surface area contributed by atoms with Gasteiger partial charge in [0.05, 0.1) is 6.54 Å². The molecule has 8 heteroatoms. The highest BCUT2D eigenvalue weighted by atomic mass is 16.5. The van der Waals surface area contributed by atoms with E-state index in [0.29, 0.717) is 17.9 Å². The van der Waals surface area contributed by atoms with E-state index in [4.69, 9.17) is 14.6 Å². The summed E-state index contributed by atoms with van der Waals surface area (Å²) in [5.41, 5.74) is 0.700. The normalized spacial score (nSPS) is 15.3. The predicted octanol–water partition coefficient (Wildman–Crippen LogP) is 1.51. The molecule has 1 aliphatic heterocycles. The van der Waals surface area contributed by atoms with E-state index in [1.807, 2.05) is 39.8 Å². The highest BCUT2D eigenvalue weighted by Crippen LogP contribution is 2.41. The van der Waals surface area contributed by atoms with Crippen LogP contribution in [0.4, 0.5) is 0 Å². The van der Waals surface area contributed by atoms with Crippen molar-refractivity contribution >= 4 is 17.8 Å². The molecule has 8 nitrogen and oxygen atoms in total. The monoisotopic (exact) mass is 392 g/mol. The number of hydrogen-bond acceptors (Lipinski definition) is 5. The lowest BCUT2D eigenvalue weighted by Gasteiger charge is -2.18. The summed E-state index contributed by atoms with van der Waals surface area (Å²) in [4.78, 5) is 35.0. The highest BCUT2D eigenvalue weighted by Gasteiger charge is 2.32. The SMILES string of the molecule is CC(C)C[C@H](NC(=O)CNC(=O)COc1cccc2c1OC(C)(C)C2)C(=O)O. The van der Waals surface area contributed by atoms with Gasteiger partial charge in [-0.2, -0.15) is 0 Å². The third-order valence-corrected chi connectivity index (χ3v) is 4.20. The Morgan fingerprint density at radius 1 is 1.25 bits per heavy atom. The molecule has 0 aromatic heterocycles. The average molecular weight is 392 g/mol. The zero-order chi connectivity index (χ0) is 20.9. The molecule has 0 aliphatic carbocycles. The molecule has 1 atom stereocenters. The summed E-state index contributed by atoms with van der Waals surface area (Å²) in [5.74, 6) is -0.920. The first-order valence-electron chi connectivity index (χ1n) is 9.30. The number of para-hydroxylation sites is 1. The number of carboxylic acids is 1. The maximum Gasteiger partial charge on any atom is 0.326 e. The number of carbonyl (C=O) groups excluding carboxylic acids is 2. The molecular formula is C20H28N2O6. The third-order valence-electron chi connectivity index (χ3n) is 4.20. The maximum absolute atomic E-state index is 12.0. The second-order valence-corrected chi connectivity index (χ2v) is 7.94. The molecule has 0 bridgehead atoms. The number of carbonyl (C=O) groups is 3. The second-order valence-electron chi connectivity index (χ2n) is 7.94. The molecule has 28 heavy (non-hydrogen) atoms. The van der Waals surface area contributed by atoms with Gasteiger partial charge in [-0.3, -0.25) is 9.59 Å². The molecule has 0 unspecified atom stereocenters. The van der Waals surface area contributed by atoms with Crippen LogP contribution in [-0.2, 0) is 20.8 Å². The Morgan fingerprint density at radius 3 is 2.61 bits per heavy atom. The van der Waals surface area contributed by atoms with Crippen LogP contribution < -0.4 is 20.1 Å². The van der Waals surface area contributed by atoms with Crippen LogP contribution in [0.25, 0.3) is 0 Å². The van der Waals surface area contributed by atoms with E-state index >= 15 is 0 Å². The van der Waals surface area contributed by atoms with Gasteiger partial charge in [-0.1, -0.05) is 26.0 Å². The minimum absolute atomic E-state index is 0.115. The molecule has 0 saturated heterocycles. The van der Waals surface area contributed by atoms with Crippen molar-refractivity contribution in [3.8, 4) is 11.5 Å². The van der Waals surface area contributed by atoms with E-state index in [9.17, 15) is 14.4 Å². The number of hydrogen-bond donors (Lipinski definition) is 3. The first-order valence-corrected chi connectivity index (χ1v) is 9.30. The fraction of sp³-hybridized carbons (Fsp3) is 0.550. The number of rotatable bonds is 9. The summed E-state index contributed by atoms with van der Waals surface area (Å²) in [6.45, 7) is 7.10. The predicted molar refractivity (Wildman–Crippen MR) is 102 cm³/mol. The van der Waals surface area contributed by atoms with Crippen molar-refractivity contribution in [1.82, 2.24) is 10.6 Å². The van der Waals surface area contributed by atoms with Gasteiger partial charge in [0.25, 0.3) is 5.91 Å². The van der Waals surface area contributed by atoms with Crippen LogP contribution in [0.3, 0.4) is 0 Å². The van der Waals surface area contributed by atoms with Crippen LogP contribution >= 0.6 is 0 Å². The summed E-state index contributed by atoms with van der Waals surface area (Å²) in [5, 5.41) is 14.0. The van der Waals surface area contributed by atoms with Crippen molar-refractivity contribution in [2.24, 2.45) is 5.92 Å². The standard InChI is InChI=1S/C20H28N2O6/c1-12(2)8-14(19(25)26)22-16(23)10-21-17(24)11-27-15-7-5-6-13-9-20(3,4)28-18(13)15/h5-7,12,14H,8-11H2,1-4H3,(H,21,24)(H,22,23)(H,25,26)/t14-/m0/s1. The maximum atomic E-state index is 12.0. The average Bonchev–Trinajstić information content (AvgIpc) is 2.91. The molecule has 2 rings (SSSR count). The Kier molecular flexibility index (Phi) is 6.88. The summed E-state index contributed by atoms with van der Waals surface area (Å²) >= 11 is 0. The fourth-order valence-electron chi connectivity index (χ4n) is 3.01. The van der Waals surface area contributed by atoms with Gasteiger partial charge >= 0.3 is 5.97 Å². The molecule has 2 amide bonds. The lowest BCUT2D eigenvalue weighted by atomic mass is 10.0. The molecular weight excluding hydrogens is 364 g/mol. The molecule has 0 saturated carbocycles. The minimum atomic E-state index is -1.10. The van der Waals surface area contributed by atoms with E-state index in [1.165, 1.54) is 0 Å². The third kappa shape index (κ3) is 6.14. The van der Waals surface area contributed by atoms with Crippen molar-refractivity contribution in [2.45, 2.75) is 52.2 Å². The van der Waals surface area contributed by atoms with Crippen LogP contribution in [0.2, 0.25) is 0 Å². The molecule has 1 aromatic rings. The molecule has 0 radical (unpaired) electrons. The van der Waals surface area contributed by atoms with E-state index in [-0.39, 0.29) is 24.7 Å². The number of aliphatic carboxylic acids is 1. The Morgan fingerprint density at radius 2 is 1.96 bits per heavy atom. The Hall–Kier alpha value is -2.77. The zero-order valence-corrected chi connectivity index (χ0v) is 16.7. The van der Waals surface area contributed by atoms with E-state index < -0.39 is 23.8 Å². The Bertz CT molecular complexity index is 744. The highest BCUT2D eigenvalue weighted by molar-refractivity contribution is 5.88. The molecule has 3 N–H and O–H groups in total. The summed E-state index contributed by atoms with van der Waals surface area (Å²) in [6.07, 6.45) is 1.07. The number of ether oxygens (including phenoxy) is 2. The first kappa shape index (κ1) is 21.5. The first-order chi connectivity index (χ1) is 13.1. The summed E-state index contributed by atoms with van der Waals surface area (Å²) < 4.78 is 11.4. The fourth-order valence-corrected chi connectivity index (χ4v) is 3.01. The largest absolute Gasteiger partial charge is 0.483 e. The number of nitrogens with one attached hydrogen (secondary N) is 2. The van der Waals surface area contributed by atoms with Gasteiger partial charge in [-0.25, -0.2) is 4.79 Å². The lowest BCUT2D eigenvalue weighted by molar-refractivity contribution is -0.142. The van der Waals surface area contributed by atoms with E-state index in [2.05, 4.69) is 10.6 Å². The minimum Gasteiger partial charge on any atom is -0.483 e. The van der Waals surface area contributed by atoms with Gasteiger partial charge in [-0.05, 0) is 32.3 Å². The van der Waals surface area contributed by atoms with Gasteiger partial charge in [0.2, 0.25) is 5.91 Å². The quantitative estimate of drug-likeness (QED) is 0.587. The van der Waals surface area contributed by atoms with Crippen LogP contribution in [0.1, 0.15) is 39.7 Å². The second kappa shape index (κ2) is 8.95. The van der Waals surface area contributed by atoms with Crippen molar-refractivity contribution in [3.05, 3.63) is 23.8 Å². The van der Waals surface area contributed by atoms with Crippen LogP contribution in [0, 0.1) is 5.92 Å². The zero-order valence-electron chi connectivity index (χ0n) is 16.7. The van der Waals surface area contributed by atoms with Gasteiger partial charge in [-0.15, -0.1) is 0 Å². The Labute approximate surface area is 164 Å². The molecule has 1 aliphatic rings. The number of fused-ring (bicyclic) bond motifs is 1. The van der Waals surface area contributed by atoms with E-state index in [1.54, 1.807) is 6.07 Å². The van der Waals surface area contributed by atoms with Gasteiger partial charge < -0.3 is 25.2 Å². The van der Waals surface area contributed by atoms with Crippen LogP contribution in [0.15, 0.2) is 18.2 Å². The molecule has 1 heterocycles. The van der Waals surface area contributed by atoms with Crippen molar-refractivity contribution in [2.75, 3.05) is 13.2 Å². The van der Waals surface area contributed by atoms with Crippen LogP contribution in [-0.4, -0.2) is 47.7 Å². The molecule has 0 fully saturated rings. The van der Waals surface area contributed by atoms with Gasteiger partial charge in [0, 0.05) is 12.0 Å². The molecule has 1 aromatic carbocycles. The van der Waals surface area contributed by atoms with Gasteiger partial charge in [0.15, 0.2) is 18.1 Å². The number of benzene rings is 1.